The van der Waals surface area contributed by atoms with Crippen LogP contribution >= 0.6 is 11.7 Å². The van der Waals surface area contributed by atoms with Crippen LogP contribution in [-0.4, -0.2) is 8.33 Å². The van der Waals surface area contributed by atoms with Crippen molar-refractivity contribution in [2.24, 2.45) is 0 Å². The molecule has 5 heteroatoms. The molecule has 1 aromatic heterocycles. The number of halogens is 1. The summed E-state index contributed by atoms with van der Waals surface area (Å²) in [6.07, 6.45) is 0. The van der Waals surface area contributed by atoms with Gasteiger partial charge in [0.25, 0.3) is 5.56 Å². The van der Waals surface area contributed by atoms with Crippen LogP contribution < -0.4 is 5.56 Å². The number of nitrogens with zero attached hydrogens (tertiary/aromatic N) is 2. The van der Waals surface area contributed by atoms with Gasteiger partial charge in [0, 0.05) is 17.3 Å². The molecular weight excluding hydrogens is 275 g/mol. The molecule has 3 rings (SSSR count). The van der Waals surface area contributed by atoms with Crippen LogP contribution in [0.5, 0.6) is 0 Å². The molecule has 3 aromatic rings. The van der Waals surface area contributed by atoms with Gasteiger partial charge in [-0.25, -0.2) is 8.35 Å². The fourth-order valence-corrected chi connectivity index (χ4v) is 2.65. The molecule has 0 atom stereocenters. The average Bonchev–Trinajstić information content (AvgIpc) is 2.83. The van der Waals surface area contributed by atoms with Gasteiger partial charge in [-0.05, 0) is 29.8 Å². The Morgan fingerprint density at radius 3 is 2.45 bits per heavy atom. The van der Waals surface area contributed by atoms with Gasteiger partial charge in [0.1, 0.15) is 5.82 Å². The highest BCUT2D eigenvalue weighted by atomic mass is 32.1. The monoisotopic (exact) mass is 286 g/mol. The lowest BCUT2D eigenvalue weighted by atomic mass is 10.1. The zero-order chi connectivity index (χ0) is 13.9. The number of aromatic nitrogens is 2. The molecule has 1 heterocycles. The lowest BCUT2D eigenvalue weighted by Crippen LogP contribution is -2.15. The molecule has 0 N–H and O–H groups in total. The Morgan fingerprint density at radius 2 is 1.75 bits per heavy atom. The Balaban J connectivity index is 1.93. The van der Waals surface area contributed by atoms with E-state index in [2.05, 4.69) is 4.37 Å². The third-order valence-electron chi connectivity index (χ3n) is 2.95. The Kier molecular flexibility index (Phi) is 3.43. The van der Waals surface area contributed by atoms with Crippen molar-refractivity contribution in [3.05, 3.63) is 76.3 Å². The summed E-state index contributed by atoms with van der Waals surface area (Å²) in [5, 5.41) is 0. The van der Waals surface area contributed by atoms with Crippen LogP contribution in [0.15, 0.2) is 59.4 Å². The van der Waals surface area contributed by atoms with E-state index in [4.69, 9.17) is 0 Å². The van der Waals surface area contributed by atoms with E-state index in [0.29, 0.717) is 17.8 Å². The maximum Gasteiger partial charge on any atom is 0.288 e. The van der Waals surface area contributed by atoms with E-state index in [0.717, 1.165) is 17.3 Å². The van der Waals surface area contributed by atoms with Gasteiger partial charge in [0.2, 0.25) is 0 Å². The van der Waals surface area contributed by atoms with Crippen molar-refractivity contribution >= 4 is 11.7 Å². The molecule has 0 unspecified atom stereocenters. The van der Waals surface area contributed by atoms with Crippen molar-refractivity contribution in [2.45, 2.75) is 6.54 Å². The first-order chi connectivity index (χ1) is 9.74. The predicted octanol–water partition coefficient (Wildman–Crippen LogP) is 3.16. The van der Waals surface area contributed by atoms with Gasteiger partial charge in [0.15, 0.2) is 5.69 Å². The first kappa shape index (κ1) is 12.7. The molecule has 2 aromatic carbocycles. The van der Waals surface area contributed by atoms with Gasteiger partial charge >= 0.3 is 0 Å². The molecule has 0 aliphatic carbocycles. The molecule has 20 heavy (non-hydrogen) atoms. The molecule has 0 saturated heterocycles. The smallest absolute Gasteiger partial charge is 0.266 e. The molecule has 0 saturated carbocycles. The molecule has 3 nitrogen and oxygen atoms in total. The third-order valence-corrected chi connectivity index (χ3v) is 3.70. The molecule has 100 valence electrons. The average molecular weight is 286 g/mol. The summed E-state index contributed by atoms with van der Waals surface area (Å²) in [6, 6.07) is 15.5. The van der Waals surface area contributed by atoms with Crippen LogP contribution in [0.1, 0.15) is 5.56 Å². The molecule has 0 spiro atoms. The van der Waals surface area contributed by atoms with E-state index in [1.807, 2.05) is 30.3 Å². The molecule has 0 aliphatic rings. The van der Waals surface area contributed by atoms with E-state index in [-0.39, 0.29) is 11.4 Å². The van der Waals surface area contributed by atoms with Gasteiger partial charge in [-0.1, -0.05) is 30.3 Å². The Bertz CT molecular complexity index is 763. The van der Waals surface area contributed by atoms with E-state index >= 15 is 0 Å². The molecule has 0 bridgehead atoms. The van der Waals surface area contributed by atoms with Crippen molar-refractivity contribution in [2.75, 3.05) is 0 Å². The maximum atomic E-state index is 12.9. The molecular formula is C15H11FN2OS. The van der Waals surface area contributed by atoms with Crippen molar-refractivity contribution in [3.8, 4) is 11.3 Å². The number of hydrogen-bond acceptors (Lipinski definition) is 3. The van der Waals surface area contributed by atoms with E-state index in [1.165, 1.54) is 12.1 Å². The minimum Gasteiger partial charge on any atom is -0.266 e. The molecule has 0 fully saturated rings. The van der Waals surface area contributed by atoms with Gasteiger partial charge < -0.3 is 0 Å². The van der Waals surface area contributed by atoms with Gasteiger partial charge in [-0.2, -0.15) is 4.37 Å². The normalized spacial score (nSPS) is 10.7. The van der Waals surface area contributed by atoms with E-state index in [1.54, 1.807) is 16.1 Å². The lowest BCUT2D eigenvalue weighted by Gasteiger charge is -1.99. The van der Waals surface area contributed by atoms with Crippen molar-refractivity contribution in [3.63, 3.8) is 0 Å². The van der Waals surface area contributed by atoms with Crippen LogP contribution in [0, 0.1) is 5.82 Å². The minimum atomic E-state index is -0.325. The highest BCUT2D eigenvalue weighted by molar-refractivity contribution is 7.00. The van der Waals surface area contributed by atoms with Crippen LogP contribution in [0.25, 0.3) is 11.3 Å². The zero-order valence-electron chi connectivity index (χ0n) is 10.5. The van der Waals surface area contributed by atoms with Crippen molar-refractivity contribution in [1.29, 1.82) is 0 Å². The van der Waals surface area contributed by atoms with Gasteiger partial charge in [-0.15, -0.1) is 0 Å². The summed E-state index contributed by atoms with van der Waals surface area (Å²) in [4.78, 5) is 12.3. The topological polar surface area (TPSA) is 34.9 Å². The quantitative estimate of drug-likeness (QED) is 0.741. The summed E-state index contributed by atoms with van der Waals surface area (Å²) in [5.41, 5.74) is 1.90. The van der Waals surface area contributed by atoms with E-state index < -0.39 is 0 Å². The van der Waals surface area contributed by atoms with Crippen LogP contribution in [0.2, 0.25) is 0 Å². The van der Waals surface area contributed by atoms with E-state index in [9.17, 15) is 9.18 Å². The largest absolute Gasteiger partial charge is 0.288 e. The SMILES string of the molecule is O=c1c(-c2ccc(F)cc2)nsn1Cc1ccccc1. The fourth-order valence-electron chi connectivity index (χ4n) is 1.92. The summed E-state index contributed by atoms with van der Waals surface area (Å²) in [5.74, 6) is -0.325. The first-order valence-corrected chi connectivity index (χ1v) is 6.84. The summed E-state index contributed by atoms with van der Waals surface area (Å²) >= 11 is 1.13. The minimum absolute atomic E-state index is 0.148. The van der Waals surface area contributed by atoms with Crippen LogP contribution in [-0.2, 0) is 6.54 Å². The Morgan fingerprint density at radius 1 is 1.05 bits per heavy atom. The molecule has 0 amide bonds. The second kappa shape index (κ2) is 5.38. The van der Waals surface area contributed by atoms with Crippen LogP contribution in [0.3, 0.4) is 0 Å². The van der Waals surface area contributed by atoms with Crippen molar-refractivity contribution < 1.29 is 4.39 Å². The Hall–Kier alpha value is -2.27. The lowest BCUT2D eigenvalue weighted by molar-refractivity contribution is 0.628. The van der Waals surface area contributed by atoms with Crippen LogP contribution in [0.4, 0.5) is 4.39 Å². The Labute approximate surface area is 119 Å². The summed E-state index contributed by atoms with van der Waals surface area (Å²) in [6.45, 7) is 0.499. The predicted molar refractivity (Wildman–Crippen MR) is 77.3 cm³/mol. The number of hydrogen-bond donors (Lipinski definition) is 0. The molecule has 0 radical (unpaired) electrons. The zero-order valence-corrected chi connectivity index (χ0v) is 11.3. The van der Waals surface area contributed by atoms with Gasteiger partial charge in [-0.3, -0.25) is 4.79 Å². The second-order valence-corrected chi connectivity index (χ2v) is 5.14. The summed E-state index contributed by atoms with van der Waals surface area (Å²) < 4.78 is 18.7. The number of rotatable bonds is 3. The highest BCUT2D eigenvalue weighted by Gasteiger charge is 2.11. The van der Waals surface area contributed by atoms with Gasteiger partial charge in [0.05, 0.1) is 6.54 Å². The molecule has 0 aliphatic heterocycles. The summed E-state index contributed by atoms with van der Waals surface area (Å²) in [7, 11) is 0. The third kappa shape index (κ3) is 2.53. The number of benzene rings is 2. The maximum absolute atomic E-state index is 12.9. The standard InChI is InChI=1S/C15H11FN2OS/c16-13-8-6-12(7-9-13)14-15(19)18(20-17-14)10-11-4-2-1-3-5-11/h1-9H,10H2. The van der Waals surface area contributed by atoms with Crippen molar-refractivity contribution in [1.82, 2.24) is 8.33 Å². The highest BCUT2D eigenvalue weighted by Crippen LogP contribution is 2.15. The fraction of sp³-hybridized carbons (Fsp3) is 0.0667. The first-order valence-electron chi connectivity index (χ1n) is 6.11. The second-order valence-electron chi connectivity index (χ2n) is 4.36.